The van der Waals surface area contributed by atoms with E-state index in [0.29, 0.717) is 28.6 Å². The lowest BCUT2D eigenvalue weighted by Gasteiger charge is -2.47. The minimum absolute atomic E-state index is 0. The van der Waals surface area contributed by atoms with Gasteiger partial charge in [0.05, 0.1) is 17.2 Å². The number of benzene rings is 1. The first kappa shape index (κ1) is 23.6. The van der Waals surface area contributed by atoms with E-state index in [1.54, 1.807) is 0 Å². The fourth-order valence-electron chi connectivity index (χ4n) is 4.03. The molecule has 0 unspecified atom stereocenters. The van der Waals surface area contributed by atoms with Crippen LogP contribution in [0, 0.1) is 23.1 Å². The van der Waals surface area contributed by atoms with Crippen LogP contribution >= 0.6 is 11.8 Å². The Hall–Kier alpha value is -3.03. The normalized spacial score (nSPS) is 24.3. The van der Waals surface area contributed by atoms with Crippen LogP contribution in [0.1, 0.15) is 35.5 Å². The van der Waals surface area contributed by atoms with E-state index in [1.807, 2.05) is 6.07 Å². The van der Waals surface area contributed by atoms with E-state index in [1.165, 1.54) is 48.3 Å². The fourth-order valence-corrected chi connectivity index (χ4v) is 5.10. The molecule has 32 heavy (non-hydrogen) atoms. The van der Waals surface area contributed by atoms with E-state index in [4.69, 9.17) is 15.7 Å². The molecule has 0 radical (unpaired) electrons. The number of pyridine rings is 1. The number of thioether (sulfide) groups is 1. The van der Waals surface area contributed by atoms with Gasteiger partial charge in [-0.05, 0) is 30.3 Å². The molecular formula is C22H23F2N5O2S. The van der Waals surface area contributed by atoms with Gasteiger partial charge in [0.25, 0.3) is 5.91 Å². The number of halogens is 2. The maximum Gasteiger partial charge on any atom is 0.274 e. The molecule has 3 heterocycles. The first-order valence-electron chi connectivity index (χ1n) is 9.60. The van der Waals surface area contributed by atoms with Gasteiger partial charge < -0.3 is 15.8 Å². The van der Waals surface area contributed by atoms with Gasteiger partial charge in [0, 0.05) is 42.1 Å². The Morgan fingerprint density at radius 3 is 2.91 bits per heavy atom. The van der Waals surface area contributed by atoms with Crippen molar-refractivity contribution < 1.29 is 18.3 Å². The predicted octanol–water partition coefficient (Wildman–Crippen LogP) is 3.61. The van der Waals surface area contributed by atoms with Gasteiger partial charge in [-0.3, -0.25) is 9.79 Å². The average Bonchev–Trinajstić information content (AvgIpc) is 2.79. The van der Waals surface area contributed by atoms with Crippen molar-refractivity contribution in [2.24, 2.45) is 16.6 Å². The van der Waals surface area contributed by atoms with Crippen molar-refractivity contribution in [1.82, 2.24) is 4.98 Å². The molecule has 1 aromatic carbocycles. The lowest BCUT2D eigenvalue weighted by atomic mass is 9.72. The van der Waals surface area contributed by atoms with Crippen LogP contribution in [0.3, 0.4) is 0 Å². The molecule has 2 aromatic rings. The highest BCUT2D eigenvalue weighted by atomic mass is 32.2. The summed E-state index contributed by atoms with van der Waals surface area (Å²) < 4.78 is 34.2. The number of carbonyl (C=O) groups is 1. The zero-order chi connectivity index (χ0) is 22.0. The number of carbonyl (C=O) groups excluding carboxylic acids is 1. The number of nitriles is 1. The summed E-state index contributed by atoms with van der Waals surface area (Å²) in [6.07, 6.45) is 0.935. The Morgan fingerprint density at radius 2 is 2.22 bits per heavy atom. The van der Waals surface area contributed by atoms with Crippen molar-refractivity contribution in [2.75, 3.05) is 24.4 Å². The van der Waals surface area contributed by atoms with Gasteiger partial charge in [0.15, 0.2) is 5.17 Å². The van der Waals surface area contributed by atoms with Gasteiger partial charge in [-0.15, -0.1) is 0 Å². The smallest absolute Gasteiger partial charge is 0.274 e. The highest BCUT2D eigenvalue weighted by molar-refractivity contribution is 8.13. The number of amides is 1. The number of nitrogens with one attached hydrogen (secondary N) is 1. The van der Waals surface area contributed by atoms with E-state index in [9.17, 15) is 9.18 Å². The molecule has 1 fully saturated rings. The Bertz CT molecular complexity index is 1070. The minimum atomic E-state index is -1.07. The summed E-state index contributed by atoms with van der Waals surface area (Å²) in [6.45, 7) is -0.484. The molecule has 10 heteroatoms. The van der Waals surface area contributed by atoms with Crippen LogP contribution < -0.4 is 11.1 Å². The number of hydrogen-bond acceptors (Lipinski definition) is 7. The van der Waals surface area contributed by atoms with Gasteiger partial charge in [0.2, 0.25) is 0 Å². The first-order valence-corrected chi connectivity index (χ1v) is 10.6. The van der Waals surface area contributed by atoms with Crippen molar-refractivity contribution in [3.05, 3.63) is 59.2 Å². The van der Waals surface area contributed by atoms with Gasteiger partial charge in [-0.25, -0.2) is 13.8 Å². The van der Waals surface area contributed by atoms with Gasteiger partial charge in [-0.2, -0.15) is 5.26 Å². The van der Waals surface area contributed by atoms with E-state index >= 15 is 4.39 Å². The minimum Gasteiger partial charge on any atom is -0.379 e. The second kappa shape index (κ2) is 9.63. The van der Waals surface area contributed by atoms with Crippen LogP contribution in [0.25, 0.3) is 0 Å². The third kappa shape index (κ3) is 4.31. The predicted molar refractivity (Wildman–Crippen MR) is 120 cm³/mol. The molecule has 2 aliphatic heterocycles. The molecule has 0 spiro atoms. The number of nitrogens with zero attached hydrogens (tertiary/aromatic N) is 3. The third-order valence-corrected chi connectivity index (χ3v) is 6.48. The summed E-state index contributed by atoms with van der Waals surface area (Å²) in [6, 6.07) is 9.04. The number of aliphatic imine (C=N–C) groups is 1. The molecule has 1 aromatic heterocycles. The molecular weight excluding hydrogens is 436 g/mol. The van der Waals surface area contributed by atoms with Crippen LogP contribution in [0.5, 0.6) is 0 Å². The SMILES string of the molecule is C.N#Cc1ccc(C(=O)Nc2ccc(F)c([C@]34CCO[C@H](CF)[C@H]3CSC(N)=N4)c2)nc1. The third-order valence-electron chi connectivity index (χ3n) is 5.57. The number of alkyl halides is 1. The van der Waals surface area contributed by atoms with Gasteiger partial charge >= 0.3 is 0 Å². The molecule has 4 rings (SSSR count). The summed E-state index contributed by atoms with van der Waals surface area (Å²) in [7, 11) is 0. The van der Waals surface area contributed by atoms with Crippen LogP contribution in [-0.4, -0.2) is 41.2 Å². The van der Waals surface area contributed by atoms with Crippen LogP contribution in [0.15, 0.2) is 41.5 Å². The van der Waals surface area contributed by atoms with Crippen molar-refractivity contribution in [3.8, 4) is 6.07 Å². The largest absolute Gasteiger partial charge is 0.379 e. The monoisotopic (exact) mass is 459 g/mol. The van der Waals surface area contributed by atoms with Gasteiger partial charge in [-0.1, -0.05) is 19.2 Å². The lowest BCUT2D eigenvalue weighted by Crippen LogP contribution is -2.52. The highest BCUT2D eigenvalue weighted by Gasteiger charge is 2.51. The molecule has 3 atom stereocenters. The zero-order valence-electron chi connectivity index (χ0n) is 16.3. The second-order valence-electron chi connectivity index (χ2n) is 7.30. The average molecular weight is 460 g/mol. The Balaban J connectivity index is 0.00000289. The molecule has 0 saturated carbocycles. The van der Waals surface area contributed by atoms with E-state index in [2.05, 4.69) is 15.3 Å². The summed E-state index contributed by atoms with van der Waals surface area (Å²) in [4.78, 5) is 21.1. The Morgan fingerprint density at radius 1 is 1.41 bits per heavy atom. The standard InChI is InChI=1S/C21H19F2N5O2S.CH4/c22-8-18-15-11-31-20(25)28-21(15,5-6-30-18)14-7-13(2-3-16(14)23)27-19(29)17-4-1-12(9-24)10-26-17;/h1-4,7,10,15,18H,5-6,8,11H2,(H2,25,28)(H,27,29);1H4/t15-,18-,21-;/m1./s1. The summed E-state index contributed by atoms with van der Waals surface area (Å²) >= 11 is 1.29. The number of hydrogen-bond donors (Lipinski definition) is 2. The highest BCUT2D eigenvalue weighted by Crippen LogP contribution is 2.48. The topological polar surface area (TPSA) is 113 Å². The van der Waals surface area contributed by atoms with E-state index in [-0.39, 0.29) is 25.3 Å². The van der Waals surface area contributed by atoms with Crippen LogP contribution in [0.2, 0.25) is 0 Å². The number of aromatic nitrogens is 1. The molecule has 3 N–H and O–H groups in total. The van der Waals surface area contributed by atoms with Crippen LogP contribution in [-0.2, 0) is 10.3 Å². The molecule has 7 nitrogen and oxygen atoms in total. The maximum absolute atomic E-state index is 15.0. The number of amidine groups is 1. The van der Waals surface area contributed by atoms with Crippen LogP contribution in [0.4, 0.5) is 14.5 Å². The van der Waals surface area contributed by atoms with Crippen molar-refractivity contribution in [2.45, 2.75) is 25.5 Å². The van der Waals surface area contributed by atoms with Crippen molar-refractivity contribution >= 4 is 28.5 Å². The number of rotatable bonds is 4. The summed E-state index contributed by atoms with van der Waals surface area (Å²) in [5.41, 5.74) is 5.94. The van der Waals surface area contributed by atoms with Gasteiger partial charge in [0.1, 0.15) is 24.3 Å². The molecule has 1 amide bonds. The van der Waals surface area contributed by atoms with E-state index in [0.717, 1.165) is 0 Å². The maximum atomic E-state index is 15.0. The van der Waals surface area contributed by atoms with Crippen molar-refractivity contribution in [3.63, 3.8) is 0 Å². The molecule has 168 valence electrons. The molecule has 2 aliphatic rings. The number of anilines is 1. The molecule has 1 saturated heterocycles. The van der Waals surface area contributed by atoms with E-state index < -0.39 is 36.0 Å². The fraction of sp³-hybridized carbons (Fsp3) is 0.364. The summed E-state index contributed by atoms with van der Waals surface area (Å²) in [5, 5.41) is 11.9. The first-order chi connectivity index (χ1) is 15.0. The quantitative estimate of drug-likeness (QED) is 0.722. The second-order valence-corrected chi connectivity index (χ2v) is 8.34. The number of fused-ring (bicyclic) bond motifs is 1. The molecule has 0 bridgehead atoms. The lowest BCUT2D eigenvalue weighted by molar-refractivity contribution is -0.0714. The molecule has 0 aliphatic carbocycles. The Kier molecular flexibility index (Phi) is 7.11. The van der Waals surface area contributed by atoms with Crippen molar-refractivity contribution in [1.29, 1.82) is 5.26 Å². The summed E-state index contributed by atoms with van der Waals surface area (Å²) in [5.74, 6) is -0.965. The zero-order valence-corrected chi connectivity index (χ0v) is 17.2. The number of ether oxygens (including phenoxy) is 1. The Labute approximate surface area is 189 Å². The number of nitrogens with two attached hydrogens (primary N) is 1.